The second kappa shape index (κ2) is 6.81. The average molecular weight is 400 g/mol. The molecule has 0 unspecified atom stereocenters. The highest BCUT2D eigenvalue weighted by atomic mass is 16.5. The number of nitrogens with zero attached hydrogens (tertiary/aromatic N) is 4. The summed E-state index contributed by atoms with van der Waals surface area (Å²) in [6.45, 7) is 0.498. The summed E-state index contributed by atoms with van der Waals surface area (Å²) >= 11 is 0. The second-order valence-electron chi connectivity index (χ2n) is 9.43. The zero-order valence-electron chi connectivity index (χ0n) is 16.5. The maximum atomic E-state index is 13.6. The molecule has 4 saturated carbocycles. The smallest absolute Gasteiger partial charge is 0.329 e. The topological polar surface area (TPSA) is 137 Å². The zero-order chi connectivity index (χ0) is 20.2. The van der Waals surface area contributed by atoms with E-state index in [1.807, 2.05) is 0 Å². The van der Waals surface area contributed by atoms with Gasteiger partial charge in [0.15, 0.2) is 12.4 Å². The molecule has 4 bridgehead atoms. The Hall–Kier alpha value is -2.45. The van der Waals surface area contributed by atoms with E-state index in [4.69, 9.17) is 16.2 Å². The molecule has 2 heterocycles. The Labute approximate surface area is 169 Å². The number of likely N-dealkylation sites (tertiary alicyclic amines) is 1. The van der Waals surface area contributed by atoms with Crippen LogP contribution in [-0.2, 0) is 20.9 Å². The lowest BCUT2D eigenvalue weighted by molar-refractivity contribution is -0.166. The van der Waals surface area contributed by atoms with Crippen LogP contribution in [0.25, 0.3) is 0 Å². The van der Waals surface area contributed by atoms with Gasteiger partial charge in [0.05, 0.1) is 5.41 Å². The molecule has 4 aliphatic carbocycles. The monoisotopic (exact) mass is 400 g/mol. The summed E-state index contributed by atoms with van der Waals surface area (Å²) in [7, 11) is 0. The Balaban J connectivity index is 1.27. The van der Waals surface area contributed by atoms with E-state index in [9.17, 15) is 9.59 Å². The molecule has 29 heavy (non-hydrogen) atoms. The zero-order valence-corrected chi connectivity index (χ0v) is 16.5. The van der Waals surface area contributed by atoms with Crippen LogP contribution in [0.5, 0.6) is 0 Å². The Morgan fingerprint density at radius 2 is 1.59 bits per heavy atom. The molecule has 0 radical (unpaired) electrons. The first kappa shape index (κ1) is 18.6. The van der Waals surface area contributed by atoms with Crippen LogP contribution >= 0.6 is 0 Å². The highest BCUT2D eigenvalue weighted by Crippen LogP contribution is 2.60. The minimum absolute atomic E-state index is 0.0111. The standard InChI is InChI=1S/C20H28N6O3/c21-18-23-15(24-19(22)25-18)10-29-16(27)14-2-1-3-26(14)17(28)20-7-11-4-12(8-20)6-13(5-11)9-20/h11-14H,1-10H2,(H4,21,22,23,24,25)/t11?,12?,13?,14-,20?/m0/s1. The van der Waals surface area contributed by atoms with E-state index in [1.54, 1.807) is 4.90 Å². The van der Waals surface area contributed by atoms with Gasteiger partial charge in [0.25, 0.3) is 0 Å². The first-order chi connectivity index (χ1) is 13.9. The second-order valence-corrected chi connectivity index (χ2v) is 9.43. The predicted octanol–water partition coefficient (Wildman–Crippen LogP) is 1.29. The van der Waals surface area contributed by atoms with Gasteiger partial charge in [0.2, 0.25) is 17.8 Å². The fraction of sp³-hybridized carbons (Fsp3) is 0.750. The third kappa shape index (κ3) is 3.30. The highest BCUT2D eigenvalue weighted by molar-refractivity contribution is 5.89. The van der Waals surface area contributed by atoms with Crippen molar-refractivity contribution in [2.24, 2.45) is 23.2 Å². The number of ether oxygens (including phenoxy) is 1. The summed E-state index contributed by atoms with van der Waals surface area (Å²) in [6.07, 6.45) is 8.32. The number of rotatable bonds is 4. The number of amides is 1. The number of hydrogen-bond donors (Lipinski definition) is 2. The Kier molecular flexibility index (Phi) is 4.36. The van der Waals surface area contributed by atoms with Crippen molar-refractivity contribution in [2.45, 2.75) is 64.0 Å². The molecule has 1 amide bonds. The van der Waals surface area contributed by atoms with Crippen molar-refractivity contribution >= 4 is 23.8 Å². The highest BCUT2D eigenvalue weighted by Gasteiger charge is 2.56. The average Bonchev–Trinajstić information content (AvgIpc) is 3.13. The maximum Gasteiger partial charge on any atom is 0.329 e. The van der Waals surface area contributed by atoms with Gasteiger partial charge in [-0.3, -0.25) is 4.79 Å². The number of anilines is 2. The van der Waals surface area contributed by atoms with E-state index in [1.165, 1.54) is 19.3 Å². The lowest BCUT2D eigenvalue weighted by atomic mass is 9.49. The van der Waals surface area contributed by atoms with Crippen LogP contribution in [0.3, 0.4) is 0 Å². The summed E-state index contributed by atoms with van der Waals surface area (Å²) < 4.78 is 5.42. The van der Waals surface area contributed by atoms with E-state index in [0.717, 1.165) is 25.7 Å². The van der Waals surface area contributed by atoms with Crippen molar-refractivity contribution in [3.63, 3.8) is 0 Å². The number of esters is 1. The maximum absolute atomic E-state index is 13.6. The first-order valence-electron chi connectivity index (χ1n) is 10.7. The third-order valence-corrected chi connectivity index (χ3v) is 7.34. The van der Waals surface area contributed by atoms with Gasteiger partial charge in [0.1, 0.15) is 6.04 Å². The van der Waals surface area contributed by atoms with Gasteiger partial charge < -0.3 is 21.1 Å². The van der Waals surface area contributed by atoms with Gasteiger partial charge in [-0.2, -0.15) is 15.0 Å². The van der Waals surface area contributed by atoms with Crippen molar-refractivity contribution in [2.75, 3.05) is 18.0 Å². The van der Waals surface area contributed by atoms with E-state index in [0.29, 0.717) is 30.7 Å². The number of nitrogen functional groups attached to an aromatic ring is 2. The van der Waals surface area contributed by atoms with Crippen LogP contribution in [-0.4, -0.2) is 44.3 Å². The summed E-state index contributed by atoms with van der Waals surface area (Å²) in [5.41, 5.74) is 10.9. The van der Waals surface area contributed by atoms with Gasteiger partial charge in [-0.1, -0.05) is 0 Å². The molecule has 1 aliphatic heterocycles. The van der Waals surface area contributed by atoms with E-state index in [2.05, 4.69) is 15.0 Å². The molecule has 5 aliphatic rings. The SMILES string of the molecule is Nc1nc(N)nc(COC(=O)[C@@H]2CCCN2C(=O)C23CC4CC(CC(C4)C2)C3)n1. The number of nitrogens with two attached hydrogens (primary N) is 2. The van der Waals surface area contributed by atoms with Crippen LogP contribution in [0.2, 0.25) is 0 Å². The van der Waals surface area contributed by atoms with Gasteiger partial charge in [-0.15, -0.1) is 0 Å². The van der Waals surface area contributed by atoms with Crippen LogP contribution < -0.4 is 11.5 Å². The lowest BCUT2D eigenvalue weighted by Gasteiger charge is -2.56. The molecule has 9 heteroatoms. The lowest BCUT2D eigenvalue weighted by Crippen LogP contribution is -2.56. The largest absolute Gasteiger partial charge is 0.456 e. The molecule has 1 atom stereocenters. The molecule has 5 fully saturated rings. The van der Waals surface area contributed by atoms with Gasteiger partial charge in [0, 0.05) is 6.54 Å². The minimum atomic E-state index is -0.521. The molecule has 0 spiro atoms. The quantitative estimate of drug-likeness (QED) is 0.721. The summed E-state index contributed by atoms with van der Waals surface area (Å²) in [6, 6.07) is -0.521. The van der Waals surface area contributed by atoms with E-state index in [-0.39, 0.29) is 35.7 Å². The van der Waals surface area contributed by atoms with Crippen molar-refractivity contribution < 1.29 is 14.3 Å². The fourth-order valence-electron chi connectivity index (χ4n) is 6.69. The molecule has 1 aromatic heterocycles. The van der Waals surface area contributed by atoms with Crippen LogP contribution in [0, 0.1) is 23.2 Å². The summed E-state index contributed by atoms with van der Waals surface area (Å²) in [5.74, 6) is 2.04. The third-order valence-electron chi connectivity index (χ3n) is 7.34. The molecule has 1 aromatic rings. The normalized spacial score (nSPS) is 35.1. The first-order valence-corrected chi connectivity index (χ1v) is 10.7. The molecule has 156 valence electrons. The fourth-order valence-corrected chi connectivity index (χ4v) is 6.69. The van der Waals surface area contributed by atoms with Crippen LogP contribution in [0.15, 0.2) is 0 Å². The number of hydrogen-bond acceptors (Lipinski definition) is 8. The van der Waals surface area contributed by atoms with Crippen molar-refractivity contribution in [3.05, 3.63) is 5.82 Å². The van der Waals surface area contributed by atoms with Crippen LogP contribution in [0.4, 0.5) is 11.9 Å². The summed E-state index contributed by atoms with van der Waals surface area (Å²) in [4.78, 5) is 39.8. The predicted molar refractivity (Wildman–Crippen MR) is 104 cm³/mol. The summed E-state index contributed by atoms with van der Waals surface area (Å²) in [5, 5.41) is 0. The number of aromatic nitrogens is 3. The van der Waals surface area contributed by atoms with Gasteiger partial charge >= 0.3 is 5.97 Å². The molecular weight excluding hydrogens is 372 g/mol. The van der Waals surface area contributed by atoms with Gasteiger partial charge in [-0.05, 0) is 69.1 Å². The molecule has 9 nitrogen and oxygen atoms in total. The number of carbonyl (C=O) groups is 2. The Bertz CT molecular complexity index is 788. The van der Waals surface area contributed by atoms with Crippen LogP contribution in [0.1, 0.15) is 57.2 Å². The molecule has 0 aromatic carbocycles. The molecular formula is C20H28N6O3. The van der Waals surface area contributed by atoms with Crippen molar-refractivity contribution in [1.29, 1.82) is 0 Å². The molecule has 6 rings (SSSR count). The Morgan fingerprint density at radius 1 is 1.00 bits per heavy atom. The Morgan fingerprint density at radius 3 is 2.17 bits per heavy atom. The molecule has 1 saturated heterocycles. The molecule has 4 N–H and O–H groups in total. The van der Waals surface area contributed by atoms with E-state index >= 15 is 0 Å². The van der Waals surface area contributed by atoms with Crippen molar-refractivity contribution in [1.82, 2.24) is 19.9 Å². The van der Waals surface area contributed by atoms with E-state index < -0.39 is 12.0 Å². The minimum Gasteiger partial charge on any atom is -0.456 e. The number of carbonyl (C=O) groups excluding carboxylic acids is 2. The van der Waals surface area contributed by atoms with Crippen molar-refractivity contribution in [3.8, 4) is 0 Å². The van der Waals surface area contributed by atoms with Gasteiger partial charge in [-0.25, -0.2) is 4.79 Å².